The lowest BCUT2D eigenvalue weighted by molar-refractivity contribution is 0.102. The Morgan fingerprint density at radius 3 is 2.58 bits per heavy atom. The molecule has 0 unspecified atom stereocenters. The molecule has 6 nitrogen and oxygen atoms in total. The quantitative estimate of drug-likeness (QED) is 0.428. The average Bonchev–Trinajstić information content (AvgIpc) is 2.80. The van der Waals surface area contributed by atoms with E-state index in [4.69, 9.17) is 16.3 Å². The topological polar surface area (TPSA) is 73.2 Å². The van der Waals surface area contributed by atoms with Crippen molar-refractivity contribution >= 4 is 23.2 Å². The fourth-order valence-electron chi connectivity index (χ4n) is 3.15. The number of carbonyl (C=O) groups is 1. The van der Waals surface area contributed by atoms with Gasteiger partial charge < -0.3 is 10.1 Å². The van der Waals surface area contributed by atoms with Crippen molar-refractivity contribution in [3.05, 3.63) is 117 Å². The summed E-state index contributed by atoms with van der Waals surface area (Å²) in [6, 6.07) is 20.8. The zero-order chi connectivity index (χ0) is 23.4. The molecule has 3 aromatic carbocycles. The largest absolute Gasteiger partial charge is 0.472 e. The van der Waals surface area contributed by atoms with Gasteiger partial charge in [-0.05, 0) is 55.0 Å². The van der Waals surface area contributed by atoms with E-state index in [1.54, 1.807) is 24.3 Å². The molecule has 0 fully saturated rings. The second kappa shape index (κ2) is 9.67. The normalized spacial score (nSPS) is 10.6. The fourth-order valence-corrected chi connectivity index (χ4v) is 3.37. The van der Waals surface area contributed by atoms with Gasteiger partial charge in [0.2, 0.25) is 5.88 Å². The number of anilines is 1. The minimum atomic E-state index is -0.495. The molecule has 0 saturated carbocycles. The van der Waals surface area contributed by atoms with E-state index in [-0.39, 0.29) is 10.6 Å². The lowest BCUT2D eigenvalue weighted by Crippen LogP contribution is -2.20. The van der Waals surface area contributed by atoms with Crippen molar-refractivity contribution in [3.63, 3.8) is 0 Å². The summed E-state index contributed by atoms with van der Waals surface area (Å²) >= 11 is 5.96. The first-order chi connectivity index (χ1) is 15.9. The number of amides is 1. The van der Waals surface area contributed by atoms with Gasteiger partial charge in [-0.1, -0.05) is 41.4 Å². The molecule has 0 aliphatic rings. The summed E-state index contributed by atoms with van der Waals surface area (Å²) in [5.74, 6) is -0.625. The molecular formula is C25H19ClFN3O3. The lowest BCUT2D eigenvalue weighted by Gasteiger charge is -2.10. The Labute approximate surface area is 194 Å². The summed E-state index contributed by atoms with van der Waals surface area (Å²) in [6.45, 7) is 2.32. The molecule has 1 N–H and O–H groups in total. The highest BCUT2D eigenvalue weighted by Crippen LogP contribution is 2.23. The molecule has 1 heterocycles. The summed E-state index contributed by atoms with van der Waals surface area (Å²) in [6.07, 6.45) is 0. The minimum absolute atomic E-state index is 0.0956. The van der Waals surface area contributed by atoms with Crippen molar-refractivity contribution in [2.75, 3.05) is 5.32 Å². The smallest absolute Gasteiger partial charge is 0.271 e. The van der Waals surface area contributed by atoms with Crippen LogP contribution in [0.2, 0.25) is 5.02 Å². The SMILES string of the molecule is Cc1cccc(COc2ccc(=O)n(-c3ccc(C(=O)Nc4ccc(F)cc4Cl)cc3)n2)c1. The molecule has 0 saturated heterocycles. The first-order valence-corrected chi connectivity index (χ1v) is 10.4. The van der Waals surface area contributed by atoms with Gasteiger partial charge in [0.1, 0.15) is 12.4 Å². The monoisotopic (exact) mass is 463 g/mol. The molecule has 0 spiro atoms. The molecule has 1 amide bonds. The Kier molecular flexibility index (Phi) is 6.51. The van der Waals surface area contributed by atoms with Crippen molar-refractivity contribution in [2.24, 2.45) is 0 Å². The number of rotatable bonds is 6. The van der Waals surface area contributed by atoms with Crippen LogP contribution in [0.15, 0.2) is 83.7 Å². The lowest BCUT2D eigenvalue weighted by atomic mass is 10.1. The van der Waals surface area contributed by atoms with Crippen molar-refractivity contribution in [1.29, 1.82) is 0 Å². The zero-order valence-electron chi connectivity index (χ0n) is 17.6. The Bertz CT molecular complexity index is 1370. The van der Waals surface area contributed by atoms with Gasteiger partial charge in [0, 0.05) is 17.7 Å². The molecule has 1 aromatic heterocycles. The predicted octanol–water partition coefficient (Wildman–Crippen LogP) is 5.16. The Morgan fingerprint density at radius 1 is 1.06 bits per heavy atom. The van der Waals surface area contributed by atoms with Gasteiger partial charge in [-0.2, -0.15) is 4.68 Å². The molecule has 0 atom stereocenters. The number of aryl methyl sites for hydroxylation is 1. The number of carbonyl (C=O) groups excluding carboxylic acids is 1. The maximum absolute atomic E-state index is 13.2. The van der Waals surface area contributed by atoms with Gasteiger partial charge in [-0.15, -0.1) is 5.10 Å². The van der Waals surface area contributed by atoms with E-state index in [9.17, 15) is 14.0 Å². The molecule has 166 valence electrons. The van der Waals surface area contributed by atoms with Crippen molar-refractivity contribution in [3.8, 4) is 11.6 Å². The molecule has 4 rings (SSSR count). The summed E-state index contributed by atoms with van der Waals surface area (Å²) in [5, 5.41) is 6.99. The van der Waals surface area contributed by atoms with Crippen LogP contribution < -0.4 is 15.6 Å². The number of benzene rings is 3. The maximum atomic E-state index is 13.2. The van der Waals surface area contributed by atoms with E-state index in [2.05, 4.69) is 10.4 Å². The third kappa shape index (κ3) is 5.45. The number of halogens is 2. The summed E-state index contributed by atoms with van der Waals surface area (Å²) < 4.78 is 20.1. The zero-order valence-corrected chi connectivity index (χ0v) is 18.3. The van der Waals surface area contributed by atoms with E-state index in [0.717, 1.165) is 17.2 Å². The van der Waals surface area contributed by atoms with Gasteiger partial charge >= 0.3 is 0 Å². The number of nitrogens with one attached hydrogen (secondary N) is 1. The first kappa shape index (κ1) is 22.2. The highest BCUT2D eigenvalue weighted by molar-refractivity contribution is 6.33. The van der Waals surface area contributed by atoms with Crippen LogP contribution in [-0.2, 0) is 6.61 Å². The molecule has 8 heteroatoms. The van der Waals surface area contributed by atoms with E-state index in [0.29, 0.717) is 29.4 Å². The van der Waals surface area contributed by atoms with E-state index >= 15 is 0 Å². The number of ether oxygens (including phenoxy) is 1. The molecule has 0 radical (unpaired) electrons. The van der Waals surface area contributed by atoms with Crippen LogP contribution in [-0.4, -0.2) is 15.7 Å². The summed E-state index contributed by atoms with van der Waals surface area (Å²) in [4.78, 5) is 24.8. The second-order valence-corrected chi connectivity index (χ2v) is 7.73. The van der Waals surface area contributed by atoms with Crippen LogP contribution in [0.4, 0.5) is 10.1 Å². The van der Waals surface area contributed by atoms with Gasteiger partial charge in [-0.3, -0.25) is 9.59 Å². The van der Waals surface area contributed by atoms with Crippen molar-refractivity contribution in [1.82, 2.24) is 9.78 Å². The molecule has 0 bridgehead atoms. The van der Waals surface area contributed by atoms with Crippen LogP contribution >= 0.6 is 11.6 Å². The van der Waals surface area contributed by atoms with Crippen LogP contribution in [0.1, 0.15) is 21.5 Å². The highest BCUT2D eigenvalue weighted by Gasteiger charge is 2.11. The number of hydrogen-bond acceptors (Lipinski definition) is 4. The van der Waals surface area contributed by atoms with Gasteiger partial charge in [0.15, 0.2) is 0 Å². The molecule has 0 aliphatic heterocycles. The predicted molar refractivity (Wildman–Crippen MR) is 125 cm³/mol. The Morgan fingerprint density at radius 2 is 1.85 bits per heavy atom. The summed E-state index contributed by atoms with van der Waals surface area (Å²) in [5.41, 5.74) is 2.87. The van der Waals surface area contributed by atoms with Crippen molar-refractivity contribution in [2.45, 2.75) is 13.5 Å². The number of hydrogen-bond donors (Lipinski definition) is 1. The number of nitrogens with zero attached hydrogens (tertiary/aromatic N) is 2. The molecule has 4 aromatic rings. The molecule has 0 aliphatic carbocycles. The maximum Gasteiger partial charge on any atom is 0.271 e. The Hall–Kier alpha value is -3.97. The van der Waals surface area contributed by atoms with E-state index in [1.165, 1.54) is 28.9 Å². The first-order valence-electron chi connectivity index (χ1n) is 10.0. The fraction of sp³-hybridized carbons (Fsp3) is 0.0800. The average molecular weight is 464 g/mol. The molecular weight excluding hydrogens is 445 g/mol. The van der Waals surface area contributed by atoms with Gasteiger partial charge in [0.05, 0.1) is 16.4 Å². The third-order valence-corrected chi connectivity index (χ3v) is 5.11. The number of aromatic nitrogens is 2. The minimum Gasteiger partial charge on any atom is -0.472 e. The highest BCUT2D eigenvalue weighted by atomic mass is 35.5. The van der Waals surface area contributed by atoms with E-state index < -0.39 is 11.7 Å². The van der Waals surface area contributed by atoms with Crippen molar-refractivity contribution < 1.29 is 13.9 Å². The summed E-state index contributed by atoms with van der Waals surface area (Å²) in [7, 11) is 0. The van der Waals surface area contributed by atoms with Crippen LogP contribution in [0.5, 0.6) is 5.88 Å². The van der Waals surface area contributed by atoms with E-state index in [1.807, 2.05) is 31.2 Å². The third-order valence-electron chi connectivity index (χ3n) is 4.80. The van der Waals surface area contributed by atoms with Gasteiger partial charge in [-0.25, -0.2) is 4.39 Å². The second-order valence-electron chi connectivity index (χ2n) is 7.32. The molecule has 33 heavy (non-hydrogen) atoms. The van der Waals surface area contributed by atoms with Crippen LogP contribution in [0, 0.1) is 12.7 Å². The Balaban J connectivity index is 1.49. The van der Waals surface area contributed by atoms with Gasteiger partial charge in [0.25, 0.3) is 11.5 Å². The van der Waals surface area contributed by atoms with Crippen LogP contribution in [0.25, 0.3) is 5.69 Å². The standard InChI is InChI=1S/C25H19ClFN3O3/c1-16-3-2-4-17(13-16)15-33-23-11-12-24(31)30(29-23)20-8-5-18(6-9-20)25(32)28-22-10-7-19(27)14-21(22)26/h2-14H,15H2,1H3,(H,28,32). The van der Waals surface area contributed by atoms with Crippen LogP contribution in [0.3, 0.4) is 0 Å².